The van der Waals surface area contributed by atoms with E-state index >= 15 is 0 Å². The van der Waals surface area contributed by atoms with Crippen LogP contribution in [0.25, 0.3) is 0 Å². The molecule has 1 aromatic carbocycles. The summed E-state index contributed by atoms with van der Waals surface area (Å²) in [5, 5.41) is 13.8. The van der Waals surface area contributed by atoms with Gasteiger partial charge >= 0.3 is 6.18 Å². The van der Waals surface area contributed by atoms with Gasteiger partial charge in [0.1, 0.15) is 16.1 Å². The lowest BCUT2D eigenvalue weighted by Gasteiger charge is -2.33. The van der Waals surface area contributed by atoms with Gasteiger partial charge in [-0.15, -0.1) is 11.3 Å². The van der Waals surface area contributed by atoms with Gasteiger partial charge in [-0.25, -0.2) is 8.42 Å². The van der Waals surface area contributed by atoms with Crippen LogP contribution in [-0.4, -0.2) is 79.6 Å². The van der Waals surface area contributed by atoms with E-state index in [1.165, 1.54) is 40.5 Å². The summed E-state index contributed by atoms with van der Waals surface area (Å²) in [6, 6.07) is 7.03. The monoisotopic (exact) mass is 591 g/mol. The topological polar surface area (TPSA) is 116 Å². The van der Waals surface area contributed by atoms with Crippen LogP contribution in [0.15, 0.2) is 39.9 Å². The molecule has 0 unspecified atom stereocenters. The van der Waals surface area contributed by atoms with E-state index in [-0.39, 0.29) is 53.6 Å². The fraction of sp³-hybridized carbons (Fsp3) is 0.520. The molecular weight excluding hydrogens is 559 g/mol. The third kappa shape index (κ3) is 8.16. The molecule has 0 radical (unpaired) electrons. The highest BCUT2D eigenvalue weighted by Crippen LogP contribution is 2.30. The van der Waals surface area contributed by atoms with Gasteiger partial charge in [0, 0.05) is 37.2 Å². The van der Waals surface area contributed by atoms with Crippen LogP contribution in [0.5, 0.6) is 5.75 Å². The van der Waals surface area contributed by atoms with Crippen LogP contribution in [0.1, 0.15) is 32.3 Å². The molecule has 0 aliphatic carbocycles. The average molecular weight is 592 g/mol. The number of hydrogen-bond acceptors (Lipinski definition) is 7. The molecule has 2 N–H and O–H groups in total. The highest BCUT2D eigenvalue weighted by molar-refractivity contribution is 7.91. The third-order valence-corrected chi connectivity index (χ3v) is 9.63. The molecule has 14 heteroatoms. The number of sulfonamides is 1. The molecule has 2 aromatic rings. The Hall–Kier alpha value is -2.68. The van der Waals surface area contributed by atoms with Gasteiger partial charge in [0.15, 0.2) is 0 Å². The van der Waals surface area contributed by atoms with Crippen LogP contribution >= 0.6 is 11.3 Å². The van der Waals surface area contributed by atoms with Crippen LogP contribution in [-0.2, 0) is 26.0 Å². The summed E-state index contributed by atoms with van der Waals surface area (Å²) in [4.78, 5) is 26.8. The van der Waals surface area contributed by atoms with Crippen molar-refractivity contribution in [2.45, 2.75) is 55.6 Å². The Balaban J connectivity index is 1.91. The number of fused-ring (bicyclic) bond motifs is 1. The maximum Gasteiger partial charge on any atom is 0.389 e. The van der Waals surface area contributed by atoms with Crippen molar-refractivity contribution in [1.82, 2.24) is 9.21 Å². The van der Waals surface area contributed by atoms with Gasteiger partial charge in [0.2, 0.25) is 11.8 Å². The summed E-state index contributed by atoms with van der Waals surface area (Å²) in [7, 11) is -2.34. The van der Waals surface area contributed by atoms with Crippen molar-refractivity contribution in [2.75, 3.05) is 32.1 Å². The molecule has 0 bridgehead atoms. The fourth-order valence-electron chi connectivity index (χ4n) is 4.12. The number of ether oxygens (including phenoxy) is 1. The molecular formula is C25H32F3N3O6S2. The quantitative estimate of drug-likeness (QED) is 0.461. The molecule has 1 aliphatic rings. The summed E-state index contributed by atoms with van der Waals surface area (Å²) in [5.41, 5.74) is 0.562. The molecule has 2 heterocycles. The number of benzene rings is 1. The number of halogens is 3. The molecule has 1 aliphatic heterocycles. The Labute approximate surface area is 229 Å². The summed E-state index contributed by atoms with van der Waals surface area (Å²) in [5.74, 6) is -1.22. The van der Waals surface area contributed by atoms with E-state index in [1.807, 2.05) is 6.92 Å². The number of alkyl halides is 3. The number of nitrogens with zero attached hydrogens (tertiary/aromatic N) is 2. The summed E-state index contributed by atoms with van der Waals surface area (Å²) >= 11 is 1.09. The number of thiophene rings is 1. The van der Waals surface area contributed by atoms with E-state index in [0.717, 1.165) is 11.3 Å². The Bertz CT molecular complexity index is 1250. The van der Waals surface area contributed by atoms with Crippen LogP contribution in [0.4, 0.5) is 18.9 Å². The highest BCUT2D eigenvalue weighted by Gasteiger charge is 2.34. The van der Waals surface area contributed by atoms with Gasteiger partial charge in [0.25, 0.3) is 10.0 Å². The number of rotatable bonds is 9. The summed E-state index contributed by atoms with van der Waals surface area (Å²) in [6.07, 6.45) is -7.34. The number of anilines is 1. The molecule has 3 atom stereocenters. The van der Waals surface area contributed by atoms with Crippen molar-refractivity contribution in [2.24, 2.45) is 5.92 Å². The number of hydrogen-bond donors (Lipinski definition) is 2. The van der Waals surface area contributed by atoms with E-state index < -0.39 is 47.1 Å². The highest BCUT2D eigenvalue weighted by atomic mass is 32.2. The average Bonchev–Trinajstić information content (AvgIpc) is 3.42. The predicted molar refractivity (Wildman–Crippen MR) is 140 cm³/mol. The van der Waals surface area contributed by atoms with Gasteiger partial charge < -0.3 is 20.1 Å². The van der Waals surface area contributed by atoms with E-state index in [9.17, 15) is 36.3 Å². The van der Waals surface area contributed by atoms with Crippen molar-refractivity contribution >= 4 is 38.9 Å². The first-order chi connectivity index (χ1) is 18.2. The number of likely N-dealkylation sites (N-methyl/N-ethyl adjacent to an activating group) is 1. The van der Waals surface area contributed by atoms with E-state index in [4.69, 9.17) is 4.74 Å². The summed E-state index contributed by atoms with van der Waals surface area (Å²) in [6.45, 7) is 3.36. The molecule has 0 spiro atoms. The zero-order valence-corrected chi connectivity index (χ0v) is 23.4. The molecule has 216 valence electrons. The lowest BCUT2D eigenvalue weighted by atomic mass is 10.0. The van der Waals surface area contributed by atoms with Crippen molar-refractivity contribution in [3.63, 3.8) is 0 Å². The molecule has 9 nitrogen and oxygen atoms in total. The maximum absolute atomic E-state index is 13.3. The molecule has 0 fully saturated rings. The number of carbonyl (C=O) groups excluding carboxylic acids is 2. The van der Waals surface area contributed by atoms with Gasteiger partial charge in [-0.05, 0) is 36.6 Å². The smallest absolute Gasteiger partial charge is 0.389 e. The zero-order chi connectivity index (χ0) is 29.0. The third-order valence-electron chi connectivity index (χ3n) is 6.43. The van der Waals surface area contributed by atoms with Gasteiger partial charge in [-0.1, -0.05) is 13.0 Å². The minimum atomic E-state index is -4.47. The van der Waals surface area contributed by atoms with Gasteiger partial charge in [-0.2, -0.15) is 17.5 Å². The lowest BCUT2D eigenvalue weighted by molar-refractivity contribution is -0.142. The number of aliphatic hydroxyl groups excluding tert-OH is 1. The molecule has 2 amide bonds. The Morgan fingerprint density at radius 3 is 2.67 bits per heavy atom. The van der Waals surface area contributed by atoms with E-state index in [1.54, 1.807) is 18.4 Å². The Morgan fingerprint density at radius 1 is 1.33 bits per heavy atom. The molecule has 39 heavy (non-hydrogen) atoms. The zero-order valence-electron chi connectivity index (χ0n) is 21.8. The molecule has 0 saturated heterocycles. The number of amides is 2. The van der Waals surface area contributed by atoms with Crippen LogP contribution in [0.2, 0.25) is 0 Å². The van der Waals surface area contributed by atoms with Crippen molar-refractivity contribution in [3.8, 4) is 5.75 Å². The SMILES string of the molecule is C[C@@H]1CN([C@H](C)CO)C(=O)Cc2cc(NC(=O)CCC(F)(F)F)ccc2O[C@@H]1CN(C)S(=O)(=O)c1cccs1. The Morgan fingerprint density at radius 2 is 2.05 bits per heavy atom. The van der Waals surface area contributed by atoms with Crippen molar-refractivity contribution < 1.29 is 41.0 Å². The largest absolute Gasteiger partial charge is 0.488 e. The van der Waals surface area contributed by atoms with E-state index in [0.29, 0.717) is 5.56 Å². The van der Waals surface area contributed by atoms with Gasteiger partial charge in [0.05, 0.1) is 32.0 Å². The number of aliphatic hydroxyl groups is 1. The first-order valence-corrected chi connectivity index (χ1v) is 14.6. The lowest BCUT2D eigenvalue weighted by Crippen LogP contribution is -2.48. The van der Waals surface area contributed by atoms with Crippen molar-refractivity contribution in [1.29, 1.82) is 0 Å². The second-order valence-electron chi connectivity index (χ2n) is 9.59. The summed E-state index contributed by atoms with van der Waals surface area (Å²) < 4.78 is 71.2. The predicted octanol–water partition coefficient (Wildman–Crippen LogP) is 3.50. The second kappa shape index (κ2) is 12.7. The molecule has 1 aromatic heterocycles. The minimum Gasteiger partial charge on any atom is -0.488 e. The molecule has 3 rings (SSSR count). The van der Waals surface area contributed by atoms with Gasteiger partial charge in [-0.3, -0.25) is 9.59 Å². The number of carbonyl (C=O) groups is 2. The van der Waals surface area contributed by atoms with Crippen molar-refractivity contribution in [3.05, 3.63) is 41.3 Å². The first-order valence-electron chi connectivity index (χ1n) is 12.3. The normalized spacial score (nSPS) is 19.5. The van der Waals surface area contributed by atoms with E-state index in [2.05, 4.69) is 5.32 Å². The molecule has 0 saturated carbocycles. The van der Waals surface area contributed by atoms with Crippen LogP contribution < -0.4 is 10.1 Å². The minimum absolute atomic E-state index is 0.0354. The fourth-order valence-corrected chi connectivity index (χ4v) is 6.50. The first kappa shape index (κ1) is 30.9. The Kier molecular flexibility index (Phi) is 10.0. The maximum atomic E-state index is 13.3. The number of nitrogens with one attached hydrogen (secondary N) is 1. The standard InChI is InChI=1S/C25H32F3N3O6S2/c1-16-13-31(17(2)15-32)23(34)12-18-11-19(29-22(33)8-9-25(26,27)28)6-7-20(18)37-21(16)14-30(3)39(35,36)24-5-4-10-38-24/h4-7,10-11,16-17,21,32H,8-9,12-15H2,1-3H3,(H,29,33)/t16-,17-,21-/m1/s1. The second-order valence-corrected chi connectivity index (χ2v) is 12.8. The van der Waals surface area contributed by atoms with Crippen LogP contribution in [0.3, 0.4) is 0 Å². The van der Waals surface area contributed by atoms with Crippen LogP contribution in [0, 0.1) is 5.92 Å².